The van der Waals surface area contributed by atoms with Crippen LogP contribution in [0.2, 0.25) is 10.0 Å². The van der Waals surface area contributed by atoms with Gasteiger partial charge < -0.3 is 19.4 Å². The number of benzene rings is 2. The lowest BCUT2D eigenvalue weighted by molar-refractivity contribution is -0.131. The molecule has 0 unspecified atom stereocenters. The second-order valence-electron chi connectivity index (χ2n) is 8.32. The summed E-state index contributed by atoms with van der Waals surface area (Å²) in [4.78, 5) is 47.3. The van der Waals surface area contributed by atoms with Gasteiger partial charge in [-0.15, -0.1) is 0 Å². The van der Waals surface area contributed by atoms with Crippen molar-refractivity contribution in [2.24, 2.45) is 0 Å². The molecule has 0 saturated carbocycles. The van der Waals surface area contributed by atoms with Crippen LogP contribution in [0.3, 0.4) is 0 Å². The highest BCUT2D eigenvalue weighted by atomic mass is 35.5. The van der Waals surface area contributed by atoms with E-state index >= 15 is 0 Å². The summed E-state index contributed by atoms with van der Waals surface area (Å²) in [5, 5.41) is 1.30. The van der Waals surface area contributed by atoms with Gasteiger partial charge in [0.1, 0.15) is 6.54 Å². The number of nitrogens with zero attached hydrogens (tertiary/aromatic N) is 5. The van der Waals surface area contributed by atoms with Crippen LogP contribution in [0, 0.1) is 0 Å². The molecule has 0 N–H and O–H groups in total. The predicted molar refractivity (Wildman–Crippen MR) is 135 cm³/mol. The molecule has 9 nitrogen and oxygen atoms in total. The van der Waals surface area contributed by atoms with E-state index in [2.05, 4.69) is 9.88 Å². The molecule has 2 amide bonds. The monoisotopic (exact) mass is 517 g/mol. The van der Waals surface area contributed by atoms with Crippen LogP contribution in [0.5, 0.6) is 0 Å². The van der Waals surface area contributed by atoms with Gasteiger partial charge in [0, 0.05) is 45.5 Å². The van der Waals surface area contributed by atoms with Gasteiger partial charge in [-0.25, -0.2) is 9.78 Å². The van der Waals surface area contributed by atoms with Crippen molar-refractivity contribution >= 4 is 51.8 Å². The Balaban J connectivity index is 1.48. The van der Waals surface area contributed by atoms with E-state index in [1.807, 2.05) is 6.07 Å². The zero-order valence-corrected chi connectivity index (χ0v) is 20.9. The summed E-state index contributed by atoms with van der Waals surface area (Å²) in [5.41, 5.74) is 1.96. The van der Waals surface area contributed by atoms with Crippen LogP contribution < -0.4 is 10.5 Å². The van der Waals surface area contributed by atoms with Gasteiger partial charge >= 0.3 is 6.09 Å². The molecule has 1 aliphatic heterocycles. The molecule has 1 aromatic heterocycles. The van der Waals surface area contributed by atoms with Crippen molar-refractivity contribution in [2.45, 2.75) is 13.1 Å². The average Bonchev–Trinajstić information content (AvgIpc) is 2.87. The summed E-state index contributed by atoms with van der Waals surface area (Å²) in [5.74, 6) is -0.241. The lowest BCUT2D eigenvalue weighted by Gasteiger charge is -2.35. The van der Waals surface area contributed by atoms with Gasteiger partial charge in [0.15, 0.2) is 0 Å². The van der Waals surface area contributed by atoms with Gasteiger partial charge in [0.2, 0.25) is 5.91 Å². The lowest BCUT2D eigenvalue weighted by atomic mass is 10.2. The predicted octanol–water partition coefficient (Wildman–Crippen LogP) is 3.25. The number of piperazine rings is 1. The number of anilines is 1. The average molecular weight is 518 g/mol. The highest BCUT2D eigenvalue weighted by Gasteiger charge is 2.22. The molecule has 3 aromatic rings. The normalized spacial score (nSPS) is 13.7. The van der Waals surface area contributed by atoms with Crippen LogP contribution in [-0.2, 0) is 22.6 Å². The fourth-order valence-electron chi connectivity index (χ4n) is 4.00. The first-order chi connectivity index (χ1) is 16.8. The van der Waals surface area contributed by atoms with Crippen LogP contribution in [0.15, 0.2) is 47.5 Å². The van der Waals surface area contributed by atoms with Crippen molar-refractivity contribution in [1.29, 1.82) is 0 Å². The molecule has 0 aliphatic carbocycles. The second-order valence-corrected chi connectivity index (χ2v) is 9.14. The summed E-state index contributed by atoms with van der Waals surface area (Å²) in [6.45, 7) is 2.48. The molecule has 2 heterocycles. The number of carbonyl (C=O) groups is 2. The Kier molecular flexibility index (Phi) is 7.47. The molecule has 0 bridgehead atoms. The Bertz CT molecular complexity index is 1320. The molecule has 0 atom stereocenters. The number of methoxy groups -OCH3 is 1. The molecule has 11 heteroatoms. The summed E-state index contributed by atoms with van der Waals surface area (Å²) in [7, 11) is 3.03. The first kappa shape index (κ1) is 24.8. The number of hydrogen-bond donors (Lipinski definition) is 0. The molecule has 1 aliphatic rings. The van der Waals surface area contributed by atoms with Gasteiger partial charge in [-0.2, -0.15) is 0 Å². The van der Waals surface area contributed by atoms with Crippen molar-refractivity contribution in [2.75, 3.05) is 45.2 Å². The zero-order valence-electron chi connectivity index (χ0n) is 19.4. The number of likely N-dealkylation sites (N-methyl/N-ethyl adjacent to an activating group) is 1. The van der Waals surface area contributed by atoms with E-state index in [9.17, 15) is 14.4 Å². The van der Waals surface area contributed by atoms with Gasteiger partial charge in [0.25, 0.3) is 5.56 Å². The quantitative estimate of drug-likeness (QED) is 0.516. The second kappa shape index (κ2) is 10.5. The summed E-state index contributed by atoms with van der Waals surface area (Å²) >= 11 is 12.0. The van der Waals surface area contributed by atoms with Gasteiger partial charge in [0.05, 0.1) is 34.4 Å². The number of rotatable bonds is 5. The number of ether oxygens (including phenoxy) is 1. The van der Waals surface area contributed by atoms with E-state index < -0.39 is 0 Å². The summed E-state index contributed by atoms with van der Waals surface area (Å²) < 4.78 is 6.10. The number of carbonyl (C=O) groups excluding carboxylic acids is 2. The maximum atomic E-state index is 13.2. The van der Waals surface area contributed by atoms with E-state index in [1.54, 1.807) is 42.3 Å². The van der Waals surface area contributed by atoms with E-state index in [-0.39, 0.29) is 24.1 Å². The van der Waals surface area contributed by atoms with E-state index in [0.29, 0.717) is 53.7 Å². The first-order valence-corrected chi connectivity index (χ1v) is 11.8. The minimum Gasteiger partial charge on any atom is -0.453 e. The van der Waals surface area contributed by atoms with Gasteiger partial charge in [-0.1, -0.05) is 29.3 Å². The van der Waals surface area contributed by atoms with Crippen molar-refractivity contribution in [3.8, 4) is 0 Å². The van der Waals surface area contributed by atoms with E-state index in [1.165, 1.54) is 22.9 Å². The highest BCUT2D eigenvalue weighted by Crippen LogP contribution is 2.23. The van der Waals surface area contributed by atoms with Crippen LogP contribution in [0.25, 0.3) is 10.9 Å². The molecule has 1 fully saturated rings. The maximum Gasteiger partial charge on any atom is 0.409 e. The molecular weight excluding hydrogens is 493 g/mol. The SMILES string of the molecule is COC(=O)N1CCN(c2ccc3ncn(CC(=O)N(C)Cc4ccc(Cl)c(Cl)c4)c(=O)c3c2)CC1. The lowest BCUT2D eigenvalue weighted by Crippen LogP contribution is -2.48. The fourth-order valence-corrected chi connectivity index (χ4v) is 4.32. The van der Waals surface area contributed by atoms with E-state index in [4.69, 9.17) is 27.9 Å². The maximum absolute atomic E-state index is 13.2. The molecule has 1 saturated heterocycles. The third-order valence-electron chi connectivity index (χ3n) is 6.02. The Morgan fingerprint density at radius 3 is 2.49 bits per heavy atom. The minimum absolute atomic E-state index is 0.137. The number of fused-ring (bicyclic) bond motifs is 1. The fraction of sp³-hybridized carbons (Fsp3) is 0.333. The minimum atomic E-state index is -0.343. The van der Waals surface area contributed by atoms with Crippen molar-refractivity contribution < 1.29 is 14.3 Å². The third kappa shape index (κ3) is 5.52. The molecule has 35 heavy (non-hydrogen) atoms. The Morgan fingerprint density at radius 1 is 1.06 bits per heavy atom. The largest absolute Gasteiger partial charge is 0.453 e. The number of halogens is 2. The first-order valence-electron chi connectivity index (χ1n) is 11.0. The van der Waals surface area contributed by atoms with Crippen LogP contribution in [-0.4, -0.2) is 71.7 Å². The zero-order chi connectivity index (χ0) is 25.1. The Hall–Kier alpha value is -3.30. The molecule has 0 spiro atoms. The highest BCUT2D eigenvalue weighted by molar-refractivity contribution is 6.42. The molecule has 2 aromatic carbocycles. The van der Waals surface area contributed by atoms with Crippen LogP contribution in [0.1, 0.15) is 5.56 Å². The Labute approximate surface area is 212 Å². The smallest absolute Gasteiger partial charge is 0.409 e. The number of aromatic nitrogens is 2. The molecule has 4 rings (SSSR count). The number of hydrogen-bond acceptors (Lipinski definition) is 6. The van der Waals surface area contributed by atoms with E-state index in [0.717, 1.165) is 11.3 Å². The standard InChI is InChI=1S/C24H25Cl2N5O4/c1-28(13-16-3-5-19(25)20(26)11-16)22(32)14-31-15-27-21-6-4-17(12-18(21)23(31)33)29-7-9-30(10-8-29)24(34)35-2/h3-6,11-12,15H,7-10,13-14H2,1-2H3. The molecule has 0 radical (unpaired) electrons. The van der Waals surface area contributed by atoms with Crippen molar-refractivity contribution in [1.82, 2.24) is 19.4 Å². The molecular formula is C24H25Cl2N5O4. The van der Waals surface area contributed by atoms with Gasteiger partial charge in [-0.3, -0.25) is 14.2 Å². The Morgan fingerprint density at radius 2 is 1.80 bits per heavy atom. The van der Waals surface area contributed by atoms with Crippen LogP contribution >= 0.6 is 23.2 Å². The number of amides is 2. The van der Waals surface area contributed by atoms with Crippen molar-refractivity contribution in [3.05, 3.63) is 68.7 Å². The topological polar surface area (TPSA) is 88.0 Å². The third-order valence-corrected chi connectivity index (χ3v) is 6.76. The van der Waals surface area contributed by atoms with Gasteiger partial charge in [-0.05, 0) is 35.9 Å². The van der Waals surface area contributed by atoms with Crippen LogP contribution in [0.4, 0.5) is 10.5 Å². The summed E-state index contributed by atoms with van der Waals surface area (Å²) in [6.07, 6.45) is 1.05. The van der Waals surface area contributed by atoms with Crippen molar-refractivity contribution in [3.63, 3.8) is 0 Å². The molecule has 184 valence electrons. The summed E-state index contributed by atoms with van der Waals surface area (Å²) in [6, 6.07) is 10.7.